The molecular weight excluding hydrogens is 644 g/mol. The molecule has 0 aliphatic carbocycles. The number of rotatable bonds is 4. The zero-order chi connectivity index (χ0) is 13.7. The van der Waals surface area contributed by atoms with Crippen LogP contribution in [0.1, 0.15) is 0 Å². The van der Waals surface area contributed by atoms with E-state index in [1.165, 1.54) is 0 Å². The van der Waals surface area contributed by atoms with Crippen molar-refractivity contribution >= 4 is 13.7 Å². The summed E-state index contributed by atoms with van der Waals surface area (Å²) in [6, 6.07) is 0. The van der Waals surface area contributed by atoms with Gasteiger partial charge in [0, 0.05) is 44.8 Å². The summed E-state index contributed by atoms with van der Waals surface area (Å²) in [6.07, 6.45) is 0. The van der Waals surface area contributed by atoms with Crippen molar-refractivity contribution in [2.24, 2.45) is 10.7 Å². The van der Waals surface area contributed by atoms with Crippen LogP contribution in [-0.2, 0) is 54.0 Å². The molecule has 0 aromatic heterocycles. The molecular formula is C8H20Au2N2O4P2-4. The number of hydrogen-bond acceptors (Lipinski definition) is 6. The van der Waals surface area contributed by atoms with Crippen LogP contribution in [0.3, 0.4) is 0 Å². The molecule has 0 aliphatic rings. The van der Waals surface area contributed by atoms with Gasteiger partial charge in [-0.15, -0.1) is 0 Å². The minimum atomic E-state index is -2.58. The Morgan fingerprint density at radius 3 is 0.889 bits per heavy atom. The van der Waals surface area contributed by atoms with Crippen molar-refractivity contribution in [1.82, 2.24) is 0 Å². The van der Waals surface area contributed by atoms with Crippen molar-refractivity contribution in [3.63, 3.8) is 0 Å². The molecule has 0 spiro atoms. The Kier molecular flexibility index (Phi) is 12.9. The normalized spacial score (nSPS) is 14.4. The maximum absolute atomic E-state index is 9.51. The van der Waals surface area contributed by atoms with Gasteiger partial charge in [0.15, 0.2) is 0 Å². The van der Waals surface area contributed by atoms with E-state index in [0.717, 1.165) is 0 Å². The second-order valence-corrected chi connectivity index (χ2v) is 16.0. The molecule has 10 heteroatoms. The van der Waals surface area contributed by atoms with Crippen molar-refractivity contribution in [3.8, 4) is 0 Å². The average molecular weight is 664 g/mol. The van der Waals surface area contributed by atoms with E-state index in [9.17, 15) is 9.81 Å². The zero-order valence-electron chi connectivity index (χ0n) is 10.9. The Bertz CT molecular complexity index is 227. The van der Waals surface area contributed by atoms with Crippen LogP contribution in [-0.4, -0.2) is 26.7 Å². The van der Waals surface area contributed by atoms with E-state index in [0.29, 0.717) is 0 Å². The molecule has 0 aromatic carbocycles. The van der Waals surface area contributed by atoms with Gasteiger partial charge in [0.1, 0.15) is 0 Å². The molecule has 0 fully saturated rings. The van der Waals surface area contributed by atoms with Crippen molar-refractivity contribution in [3.05, 3.63) is 36.5 Å². The molecule has 0 rings (SSSR count). The second-order valence-electron chi connectivity index (χ2n) is 5.43. The summed E-state index contributed by atoms with van der Waals surface area (Å²) in [6.45, 7) is 16.0. The molecule has 2 radical (unpaired) electrons. The molecule has 0 unspecified atom stereocenters. The van der Waals surface area contributed by atoms with Crippen molar-refractivity contribution < 1.29 is 54.0 Å². The summed E-state index contributed by atoms with van der Waals surface area (Å²) in [5.74, 6) is 0. The van der Waals surface area contributed by atoms with Crippen LogP contribution in [0.5, 0.6) is 0 Å². The van der Waals surface area contributed by atoms with Gasteiger partial charge in [0.2, 0.25) is 0 Å². The van der Waals surface area contributed by atoms with Gasteiger partial charge in [-0.05, 0) is 0 Å². The Balaban J connectivity index is -0.0000000980. The molecule has 0 aromatic rings. The fourth-order valence-corrected chi connectivity index (χ4v) is 0.683. The van der Waals surface area contributed by atoms with E-state index in [1.54, 1.807) is 26.7 Å². The van der Waals surface area contributed by atoms with Gasteiger partial charge < -0.3 is 0 Å². The molecule has 0 bridgehead atoms. The van der Waals surface area contributed by atoms with Crippen molar-refractivity contribution in [2.75, 3.05) is 26.7 Å². The molecule has 6 nitrogen and oxygen atoms in total. The summed E-state index contributed by atoms with van der Waals surface area (Å²) in [5.41, 5.74) is 0. The monoisotopic (exact) mass is 664 g/mol. The Morgan fingerprint density at radius 1 is 0.722 bits per heavy atom. The Morgan fingerprint density at radius 2 is 0.889 bits per heavy atom. The first-order chi connectivity index (χ1) is 6.62. The third-order valence-electron chi connectivity index (χ3n) is 0.624. The van der Waals surface area contributed by atoms with Crippen molar-refractivity contribution in [1.29, 1.82) is 0 Å². The quantitative estimate of drug-likeness (QED) is 0.150. The topological polar surface area (TPSA) is 77.3 Å². The zero-order valence-corrected chi connectivity index (χ0v) is 17.0. The van der Waals surface area contributed by atoms with Crippen LogP contribution in [0, 0.1) is 36.5 Å². The summed E-state index contributed by atoms with van der Waals surface area (Å²) in [7, 11) is 0. The number of nitrogens with zero attached hydrogens (tertiary/aromatic N) is 2. The fraction of sp³-hybridized carbons (Fsp3) is 0.500. The van der Waals surface area contributed by atoms with E-state index >= 15 is 0 Å². The average Bonchev–Trinajstić information content (AvgIpc) is 1.77. The predicted octanol–water partition coefficient (Wildman–Crippen LogP) is 3.99. The summed E-state index contributed by atoms with van der Waals surface area (Å²) in [5, 5.41) is 4.52. The van der Waals surface area contributed by atoms with Gasteiger partial charge in [-0.1, -0.05) is 0 Å². The Labute approximate surface area is 141 Å². The fourth-order valence-electron chi connectivity index (χ4n) is 0.228. The van der Waals surface area contributed by atoms with Gasteiger partial charge in [-0.3, -0.25) is 0 Å². The van der Waals surface area contributed by atoms with Crippen LogP contribution < -0.4 is 0 Å². The standard InChI is InChI=1S/2C4H10NO2P.2Au/c2*1-8(2,3,4)7-5-6;;/h2*1-2H2,3-4H3;;/q2*-2;;. The molecule has 0 amide bonds. The molecule has 0 heterocycles. The first-order valence-corrected chi connectivity index (χ1v) is 11.0. The summed E-state index contributed by atoms with van der Waals surface area (Å²) < 4.78 is 8.79. The molecule has 0 saturated heterocycles. The van der Waals surface area contributed by atoms with Gasteiger partial charge in [-0.25, -0.2) is 0 Å². The number of hydrogen-bond donors (Lipinski definition) is 0. The molecule has 0 saturated carbocycles. The van der Waals surface area contributed by atoms with Gasteiger partial charge in [-0.2, -0.15) is 0 Å². The molecule has 0 atom stereocenters. The van der Waals surface area contributed by atoms with Crippen LogP contribution in [0.25, 0.3) is 0 Å². The minimum absolute atomic E-state index is 0. The van der Waals surface area contributed by atoms with Crippen LogP contribution in [0.2, 0.25) is 0 Å². The second kappa shape index (κ2) is 8.43. The van der Waals surface area contributed by atoms with E-state index in [2.05, 4.69) is 46.6 Å². The van der Waals surface area contributed by atoms with Gasteiger partial charge >= 0.3 is 96.7 Å². The van der Waals surface area contributed by atoms with Gasteiger partial charge in [0.05, 0.1) is 0 Å². The Hall–Kier alpha value is 1.14. The predicted molar refractivity (Wildman–Crippen MR) is 72.7 cm³/mol. The van der Waals surface area contributed by atoms with Crippen LogP contribution >= 0.6 is 13.7 Å². The maximum atomic E-state index is 9.51. The van der Waals surface area contributed by atoms with Crippen LogP contribution in [0.4, 0.5) is 0 Å². The third kappa shape index (κ3) is 36.0. The molecule has 0 aliphatic heterocycles. The first-order valence-electron chi connectivity index (χ1n) is 4.15. The van der Waals surface area contributed by atoms with Crippen molar-refractivity contribution in [2.45, 2.75) is 0 Å². The summed E-state index contributed by atoms with van der Waals surface area (Å²) in [4.78, 5) is 19.0. The van der Waals surface area contributed by atoms with Crippen LogP contribution in [0.15, 0.2) is 10.7 Å². The summed E-state index contributed by atoms with van der Waals surface area (Å²) >= 11 is 0. The molecule has 18 heavy (non-hydrogen) atoms. The van der Waals surface area contributed by atoms with E-state index in [-0.39, 0.29) is 44.8 Å². The van der Waals surface area contributed by atoms with E-state index < -0.39 is 13.7 Å². The first kappa shape index (κ1) is 27.5. The third-order valence-corrected chi connectivity index (χ3v) is 1.87. The molecule has 122 valence electrons. The molecule has 0 N–H and O–H groups in total. The van der Waals surface area contributed by atoms with Gasteiger partial charge in [0.25, 0.3) is 0 Å². The SMILES string of the molecule is [Au].[Au].[CH2-]P([CH2-])(C)(C)ON=O.[CH2-]P([CH2-])(C)(C)ON=O. The van der Waals surface area contributed by atoms with E-state index in [4.69, 9.17) is 0 Å². The van der Waals surface area contributed by atoms with E-state index in [1.807, 2.05) is 0 Å².